The summed E-state index contributed by atoms with van der Waals surface area (Å²) in [4.78, 5) is 17.8. The minimum absolute atomic E-state index is 0.223. The molecule has 8 nitrogen and oxygen atoms in total. The van der Waals surface area contributed by atoms with Gasteiger partial charge in [-0.3, -0.25) is 0 Å². The van der Waals surface area contributed by atoms with Crippen molar-refractivity contribution >= 4 is 37.8 Å². The van der Waals surface area contributed by atoms with Crippen molar-refractivity contribution in [2.24, 2.45) is 0 Å². The Hall–Kier alpha value is -2.47. The van der Waals surface area contributed by atoms with Crippen LogP contribution in [0.4, 0.5) is 19.0 Å². The zero-order valence-corrected chi connectivity index (χ0v) is 15.4. The smallest absolute Gasteiger partial charge is 0.354 e. The second-order valence-corrected chi connectivity index (χ2v) is 8.49. The molecule has 150 valence electrons. The Labute approximate surface area is 158 Å². The first-order valence-electron chi connectivity index (χ1n) is 8.60. The standard InChI is InChI=1S/C16H17F3N6O2S/c17-16(18,19)8-28(26,27)24-10-2-1-5-25(7-10)15-13-11-3-4-20-14(11)21-6-12(13)22-9-23-15/h3-4,6,9-10,24H,1-2,5,7-8H2,(H,22,23). The number of sulfonamides is 1. The molecule has 0 saturated carbocycles. The molecule has 0 aliphatic carbocycles. The number of hydrogen-bond acceptors (Lipinski definition) is 6. The van der Waals surface area contributed by atoms with Gasteiger partial charge in [-0.25, -0.2) is 28.1 Å². The van der Waals surface area contributed by atoms with Gasteiger partial charge >= 0.3 is 6.18 Å². The van der Waals surface area contributed by atoms with Crippen molar-refractivity contribution in [2.45, 2.75) is 25.1 Å². The van der Waals surface area contributed by atoms with E-state index in [4.69, 9.17) is 0 Å². The van der Waals surface area contributed by atoms with E-state index in [0.29, 0.717) is 30.9 Å². The normalized spacial score (nSPS) is 18.8. The number of nitrogens with zero attached hydrogens (tertiary/aromatic N) is 4. The Morgan fingerprint density at radius 1 is 1.29 bits per heavy atom. The molecule has 3 aromatic rings. The van der Waals surface area contributed by atoms with E-state index in [-0.39, 0.29) is 6.54 Å². The maximum atomic E-state index is 12.5. The van der Waals surface area contributed by atoms with E-state index in [9.17, 15) is 21.6 Å². The molecular formula is C16H17F3N6O2S. The first-order chi connectivity index (χ1) is 13.2. The summed E-state index contributed by atoms with van der Waals surface area (Å²) in [7, 11) is -4.46. The molecule has 0 spiro atoms. The summed E-state index contributed by atoms with van der Waals surface area (Å²) in [6.45, 7) is 0.836. The van der Waals surface area contributed by atoms with Crippen molar-refractivity contribution in [3.05, 3.63) is 24.8 Å². The third-order valence-corrected chi connectivity index (χ3v) is 5.98. The summed E-state index contributed by atoms with van der Waals surface area (Å²) in [5.74, 6) is -1.27. The average Bonchev–Trinajstić information content (AvgIpc) is 3.07. The van der Waals surface area contributed by atoms with E-state index in [2.05, 4.69) is 24.7 Å². The highest BCUT2D eigenvalue weighted by Crippen LogP contribution is 2.31. The van der Waals surface area contributed by atoms with E-state index in [1.54, 1.807) is 12.4 Å². The highest BCUT2D eigenvalue weighted by atomic mass is 32.2. The Kier molecular flexibility index (Phi) is 4.62. The molecule has 1 atom stereocenters. The first kappa shape index (κ1) is 18.9. The number of halogens is 3. The van der Waals surface area contributed by atoms with Gasteiger partial charge in [0.05, 0.1) is 23.4 Å². The molecule has 1 fully saturated rings. The van der Waals surface area contributed by atoms with Gasteiger partial charge in [0, 0.05) is 30.7 Å². The summed E-state index contributed by atoms with van der Waals surface area (Å²) in [6.07, 6.45) is 1.09. The van der Waals surface area contributed by atoms with Crippen LogP contribution in [0.15, 0.2) is 24.8 Å². The van der Waals surface area contributed by atoms with Crippen LogP contribution < -0.4 is 9.62 Å². The summed E-state index contributed by atoms with van der Waals surface area (Å²) < 4.78 is 63.3. The predicted octanol–water partition coefficient (Wildman–Crippen LogP) is 1.96. The van der Waals surface area contributed by atoms with Crippen LogP contribution in [-0.4, -0.2) is 59.4 Å². The lowest BCUT2D eigenvalue weighted by molar-refractivity contribution is -0.106. The number of aromatic nitrogens is 4. The molecule has 0 radical (unpaired) electrons. The number of rotatable bonds is 4. The lowest BCUT2D eigenvalue weighted by Crippen LogP contribution is -2.49. The molecule has 3 aromatic heterocycles. The minimum Gasteiger partial charge on any atom is -0.354 e. The second-order valence-electron chi connectivity index (χ2n) is 6.73. The van der Waals surface area contributed by atoms with Crippen LogP contribution in [0.2, 0.25) is 0 Å². The number of hydrogen-bond donors (Lipinski definition) is 2. The van der Waals surface area contributed by atoms with Gasteiger partial charge in [-0.15, -0.1) is 0 Å². The molecule has 0 amide bonds. The largest absolute Gasteiger partial charge is 0.404 e. The number of piperidine rings is 1. The van der Waals surface area contributed by atoms with Crippen molar-refractivity contribution in [1.82, 2.24) is 24.7 Å². The van der Waals surface area contributed by atoms with Gasteiger partial charge in [0.25, 0.3) is 0 Å². The topological polar surface area (TPSA) is 104 Å². The zero-order chi connectivity index (χ0) is 19.9. The molecular weight excluding hydrogens is 397 g/mol. The van der Waals surface area contributed by atoms with Gasteiger partial charge in [-0.1, -0.05) is 0 Å². The Bertz CT molecular complexity index is 1110. The molecule has 1 unspecified atom stereocenters. The Morgan fingerprint density at radius 2 is 2.11 bits per heavy atom. The van der Waals surface area contributed by atoms with Crippen LogP contribution in [0.5, 0.6) is 0 Å². The number of pyridine rings is 1. The van der Waals surface area contributed by atoms with Crippen LogP contribution in [0.25, 0.3) is 21.9 Å². The molecule has 4 heterocycles. The van der Waals surface area contributed by atoms with Gasteiger partial charge in [0.1, 0.15) is 5.82 Å². The maximum absolute atomic E-state index is 12.5. The quantitative estimate of drug-likeness (QED) is 0.676. The summed E-state index contributed by atoms with van der Waals surface area (Å²) in [5.41, 5.74) is 1.31. The average molecular weight is 414 g/mol. The minimum atomic E-state index is -4.78. The number of alkyl halides is 3. The highest BCUT2D eigenvalue weighted by Gasteiger charge is 2.37. The number of anilines is 1. The molecule has 0 bridgehead atoms. The SMILES string of the molecule is O=S(=O)(CC(F)(F)F)NC1CCCN(c2nc[nH]c3cnc4nccc4c23)C1. The monoisotopic (exact) mass is 414 g/mol. The summed E-state index contributed by atoms with van der Waals surface area (Å²) in [5, 5.41) is 1.60. The van der Waals surface area contributed by atoms with E-state index in [1.807, 2.05) is 11.0 Å². The fourth-order valence-electron chi connectivity index (χ4n) is 3.55. The van der Waals surface area contributed by atoms with Crippen LogP contribution in [0, 0.1) is 0 Å². The number of H-pyrrole nitrogens is 1. The molecule has 0 aromatic carbocycles. The van der Waals surface area contributed by atoms with Crippen molar-refractivity contribution in [3.8, 4) is 0 Å². The maximum Gasteiger partial charge on any atom is 0.404 e. The summed E-state index contributed by atoms with van der Waals surface area (Å²) >= 11 is 0. The van der Waals surface area contributed by atoms with E-state index >= 15 is 0 Å². The first-order valence-corrected chi connectivity index (χ1v) is 10.3. The molecule has 1 aliphatic rings. The molecule has 4 rings (SSSR count). The number of nitrogens with one attached hydrogen (secondary N) is 2. The third kappa shape index (κ3) is 3.87. The van der Waals surface area contributed by atoms with Gasteiger partial charge in [-0.2, -0.15) is 13.2 Å². The van der Waals surface area contributed by atoms with Crippen LogP contribution >= 0.6 is 0 Å². The number of fused-ring (bicyclic) bond motifs is 3. The highest BCUT2D eigenvalue weighted by molar-refractivity contribution is 7.89. The number of aromatic amines is 1. The van der Waals surface area contributed by atoms with Crippen molar-refractivity contribution in [2.75, 3.05) is 23.7 Å². The fraction of sp³-hybridized carbons (Fsp3) is 0.438. The van der Waals surface area contributed by atoms with Gasteiger partial charge in [-0.05, 0) is 18.9 Å². The molecule has 12 heteroatoms. The van der Waals surface area contributed by atoms with Gasteiger partial charge in [0.15, 0.2) is 11.4 Å². The Balaban J connectivity index is 1.63. The van der Waals surface area contributed by atoms with Crippen LogP contribution in [0.1, 0.15) is 12.8 Å². The predicted molar refractivity (Wildman–Crippen MR) is 97.4 cm³/mol. The molecule has 28 heavy (non-hydrogen) atoms. The Morgan fingerprint density at radius 3 is 2.89 bits per heavy atom. The lowest BCUT2D eigenvalue weighted by atomic mass is 10.1. The third-order valence-electron chi connectivity index (χ3n) is 4.58. The summed E-state index contributed by atoms with van der Waals surface area (Å²) in [6, 6.07) is 1.19. The van der Waals surface area contributed by atoms with Gasteiger partial charge in [0.2, 0.25) is 10.0 Å². The van der Waals surface area contributed by atoms with Crippen LogP contribution in [0.3, 0.4) is 0 Å². The lowest BCUT2D eigenvalue weighted by Gasteiger charge is -2.34. The van der Waals surface area contributed by atoms with Crippen LogP contribution in [-0.2, 0) is 10.0 Å². The zero-order valence-electron chi connectivity index (χ0n) is 14.6. The molecule has 1 saturated heterocycles. The van der Waals surface area contributed by atoms with Crippen molar-refractivity contribution in [3.63, 3.8) is 0 Å². The fourth-order valence-corrected chi connectivity index (χ4v) is 4.77. The van der Waals surface area contributed by atoms with E-state index < -0.39 is 28.0 Å². The van der Waals surface area contributed by atoms with E-state index in [0.717, 1.165) is 16.3 Å². The van der Waals surface area contributed by atoms with Crippen molar-refractivity contribution in [1.29, 1.82) is 0 Å². The molecule has 2 N–H and O–H groups in total. The van der Waals surface area contributed by atoms with Gasteiger partial charge < -0.3 is 9.88 Å². The van der Waals surface area contributed by atoms with Crippen molar-refractivity contribution < 1.29 is 21.6 Å². The second kappa shape index (κ2) is 6.85. The molecule has 1 aliphatic heterocycles. The van der Waals surface area contributed by atoms with E-state index in [1.165, 1.54) is 6.33 Å².